The molecule has 0 saturated heterocycles. The molecule has 0 spiro atoms. The fraction of sp³-hybridized carbons (Fsp3) is 0.111. The first-order valence-electron chi connectivity index (χ1n) is 4.10. The highest BCUT2D eigenvalue weighted by molar-refractivity contribution is 5.57. The van der Waals surface area contributed by atoms with Crippen molar-refractivity contribution in [1.82, 2.24) is 15.0 Å². The zero-order chi connectivity index (χ0) is 10.9. The lowest BCUT2D eigenvalue weighted by Gasteiger charge is -2.00. The second kappa shape index (κ2) is 3.38. The third kappa shape index (κ3) is 1.98. The Morgan fingerprint density at radius 2 is 1.80 bits per heavy atom. The van der Waals surface area contributed by atoms with E-state index >= 15 is 0 Å². The first-order valence-corrected chi connectivity index (χ1v) is 4.10. The van der Waals surface area contributed by atoms with Gasteiger partial charge in [-0.25, -0.2) is 4.98 Å². The molecular weight excluding hydrogens is 207 g/mol. The summed E-state index contributed by atoms with van der Waals surface area (Å²) in [7, 11) is 0. The molecule has 2 aromatic rings. The van der Waals surface area contributed by atoms with Gasteiger partial charge in [0.2, 0.25) is 5.82 Å². The van der Waals surface area contributed by atoms with Crippen molar-refractivity contribution in [3.8, 4) is 11.3 Å². The molecule has 0 bridgehead atoms. The third-order valence-corrected chi connectivity index (χ3v) is 1.84. The van der Waals surface area contributed by atoms with E-state index in [-0.39, 0.29) is 0 Å². The molecule has 0 aliphatic heterocycles. The lowest BCUT2D eigenvalue weighted by molar-refractivity contribution is -0.144. The minimum Gasteiger partial charge on any atom is -0.334 e. The van der Waals surface area contributed by atoms with Gasteiger partial charge in [-0.2, -0.15) is 13.2 Å². The van der Waals surface area contributed by atoms with Crippen LogP contribution in [0.3, 0.4) is 0 Å². The maximum Gasteiger partial charge on any atom is 0.449 e. The number of halogens is 3. The lowest BCUT2D eigenvalue weighted by atomic mass is 10.2. The van der Waals surface area contributed by atoms with E-state index in [1.165, 1.54) is 12.4 Å². The van der Waals surface area contributed by atoms with Crippen molar-refractivity contribution in [3.63, 3.8) is 0 Å². The van der Waals surface area contributed by atoms with Crippen molar-refractivity contribution < 1.29 is 13.2 Å². The van der Waals surface area contributed by atoms with E-state index in [1.54, 1.807) is 12.1 Å². The van der Waals surface area contributed by atoms with Gasteiger partial charge in [-0.05, 0) is 12.1 Å². The molecule has 2 rings (SSSR count). The average Bonchev–Trinajstić information content (AvgIpc) is 2.67. The molecule has 0 radical (unpaired) electrons. The molecule has 3 nitrogen and oxygen atoms in total. The summed E-state index contributed by atoms with van der Waals surface area (Å²) in [4.78, 5) is 9.24. The number of pyridine rings is 1. The molecule has 1 N–H and O–H groups in total. The Morgan fingerprint density at radius 1 is 1.13 bits per heavy atom. The Hall–Kier alpha value is -1.85. The highest BCUT2D eigenvalue weighted by atomic mass is 19.4. The predicted octanol–water partition coefficient (Wildman–Crippen LogP) is 2.49. The minimum absolute atomic E-state index is 0.324. The smallest absolute Gasteiger partial charge is 0.334 e. The summed E-state index contributed by atoms with van der Waals surface area (Å²) < 4.78 is 36.6. The van der Waals surface area contributed by atoms with Crippen LogP contribution in [-0.4, -0.2) is 15.0 Å². The van der Waals surface area contributed by atoms with E-state index in [4.69, 9.17) is 0 Å². The van der Waals surface area contributed by atoms with Crippen molar-refractivity contribution in [2.75, 3.05) is 0 Å². The second-order valence-corrected chi connectivity index (χ2v) is 2.88. The van der Waals surface area contributed by atoms with Crippen LogP contribution < -0.4 is 0 Å². The average molecular weight is 213 g/mol. The Kier molecular flexibility index (Phi) is 2.18. The van der Waals surface area contributed by atoms with Crippen LogP contribution in [-0.2, 0) is 6.18 Å². The summed E-state index contributed by atoms with van der Waals surface area (Å²) in [5.41, 5.74) is 0.942. The lowest BCUT2D eigenvalue weighted by Crippen LogP contribution is -2.07. The maximum absolute atomic E-state index is 12.2. The first kappa shape index (κ1) is 9.70. The van der Waals surface area contributed by atoms with Gasteiger partial charge in [0.1, 0.15) is 0 Å². The third-order valence-electron chi connectivity index (χ3n) is 1.84. The highest BCUT2D eigenvalue weighted by Gasteiger charge is 2.34. The first-order chi connectivity index (χ1) is 7.07. The predicted molar refractivity (Wildman–Crippen MR) is 46.8 cm³/mol. The summed E-state index contributed by atoms with van der Waals surface area (Å²) >= 11 is 0. The van der Waals surface area contributed by atoms with E-state index in [0.29, 0.717) is 11.3 Å². The van der Waals surface area contributed by atoms with Crippen LogP contribution in [0.25, 0.3) is 11.3 Å². The SMILES string of the molecule is FC(F)(F)c1ncc(-c2ccncc2)[nH]1. The molecule has 6 heteroatoms. The van der Waals surface area contributed by atoms with Crippen molar-refractivity contribution in [2.45, 2.75) is 6.18 Å². The second-order valence-electron chi connectivity index (χ2n) is 2.88. The van der Waals surface area contributed by atoms with Gasteiger partial charge in [0.25, 0.3) is 0 Å². The van der Waals surface area contributed by atoms with Crippen molar-refractivity contribution in [3.05, 3.63) is 36.5 Å². The van der Waals surface area contributed by atoms with Crippen LogP contribution in [0, 0.1) is 0 Å². The Labute approximate surface area is 83.0 Å². The van der Waals surface area contributed by atoms with Gasteiger partial charge in [0, 0.05) is 18.0 Å². The number of aromatic nitrogens is 3. The van der Waals surface area contributed by atoms with Crippen molar-refractivity contribution >= 4 is 0 Å². The van der Waals surface area contributed by atoms with E-state index in [9.17, 15) is 13.2 Å². The van der Waals surface area contributed by atoms with E-state index < -0.39 is 12.0 Å². The van der Waals surface area contributed by atoms with Gasteiger partial charge in [-0.1, -0.05) is 0 Å². The van der Waals surface area contributed by atoms with Crippen LogP contribution in [0.15, 0.2) is 30.7 Å². The van der Waals surface area contributed by atoms with Gasteiger partial charge in [0.15, 0.2) is 0 Å². The molecule has 15 heavy (non-hydrogen) atoms. The molecule has 0 aliphatic carbocycles. The van der Waals surface area contributed by atoms with Crippen LogP contribution in [0.2, 0.25) is 0 Å². The minimum atomic E-state index is -4.44. The molecule has 0 aliphatic rings. The molecule has 0 saturated carbocycles. The van der Waals surface area contributed by atoms with E-state index in [0.717, 1.165) is 6.20 Å². The number of hydrogen-bond acceptors (Lipinski definition) is 2. The zero-order valence-corrected chi connectivity index (χ0v) is 7.42. The van der Waals surface area contributed by atoms with Crippen LogP contribution in [0.5, 0.6) is 0 Å². The number of nitrogens with zero attached hydrogens (tertiary/aromatic N) is 2. The normalized spacial score (nSPS) is 11.7. The molecule has 78 valence electrons. The van der Waals surface area contributed by atoms with Gasteiger partial charge in [-0.15, -0.1) is 0 Å². The molecule has 2 aromatic heterocycles. The zero-order valence-electron chi connectivity index (χ0n) is 7.42. The number of hydrogen-bond donors (Lipinski definition) is 1. The number of aromatic amines is 1. The summed E-state index contributed by atoms with van der Waals surface area (Å²) in [6.45, 7) is 0. The number of rotatable bonds is 1. The van der Waals surface area contributed by atoms with Crippen LogP contribution >= 0.6 is 0 Å². The van der Waals surface area contributed by atoms with E-state index in [2.05, 4.69) is 15.0 Å². The molecule has 0 fully saturated rings. The highest BCUT2D eigenvalue weighted by Crippen LogP contribution is 2.28. The molecular formula is C9H6F3N3. The summed E-state index contributed by atoms with van der Waals surface area (Å²) in [6, 6.07) is 3.21. The van der Waals surface area contributed by atoms with Crippen LogP contribution in [0.4, 0.5) is 13.2 Å². The van der Waals surface area contributed by atoms with E-state index in [1.807, 2.05) is 0 Å². The number of alkyl halides is 3. The molecule has 2 heterocycles. The Morgan fingerprint density at radius 3 is 2.33 bits per heavy atom. The fourth-order valence-corrected chi connectivity index (χ4v) is 1.14. The molecule has 0 unspecified atom stereocenters. The summed E-state index contributed by atoms with van der Waals surface area (Å²) in [6.07, 6.45) is -0.281. The number of H-pyrrole nitrogens is 1. The Bertz CT molecular complexity index is 447. The van der Waals surface area contributed by atoms with Crippen molar-refractivity contribution in [1.29, 1.82) is 0 Å². The monoisotopic (exact) mass is 213 g/mol. The number of imidazole rings is 1. The standard InChI is InChI=1S/C9H6F3N3/c10-9(11,12)8-14-5-7(15-8)6-1-3-13-4-2-6/h1-5H,(H,14,15). The topological polar surface area (TPSA) is 41.6 Å². The van der Waals surface area contributed by atoms with Gasteiger partial charge in [0.05, 0.1) is 11.9 Å². The molecule has 0 aromatic carbocycles. The molecule has 0 atom stereocenters. The Balaban J connectivity index is 2.37. The van der Waals surface area contributed by atoms with Gasteiger partial charge < -0.3 is 4.98 Å². The quantitative estimate of drug-likeness (QED) is 0.790. The van der Waals surface area contributed by atoms with Gasteiger partial charge >= 0.3 is 6.18 Å². The van der Waals surface area contributed by atoms with Gasteiger partial charge in [-0.3, -0.25) is 4.98 Å². The molecule has 0 amide bonds. The summed E-state index contributed by atoms with van der Waals surface area (Å²) in [5, 5.41) is 0. The largest absolute Gasteiger partial charge is 0.449 e. The maximum atomic E-state index is 12.2. The number of nitrogens with one attached hydrogen (secondary N) is 1. The summed E-state index contributed by atoms with van der Waals surface area (Å²) in [5.74, 6) is -0.991. The van der Waals surface area contributed by atoms with Crippen LogP contribution in [0.1, 0.15) is 5.82 Å². The van der Waals surface area contributed by atoms with Crippen molar-refractivity contribution in [2.24, 2.45) is 0 Å². The fourth-order valence-electron chi connectivity index (χ4n) is 1.14.